The van der Waals surface area contributed by atoms with Crippen LogP contribution in [0.5, 0.6) is 0 Å². The fourth-order valence-electron chi connectivity index (χ4n) is 1.32. The van der Waals surface area contributed by atoms with Gasteiger partial charge in [-0.25, -0.2) is 0 Å². The van der Waals surface area contributed by atoms with Crippen molar-refractivity contribution >= 4 is 5.91 Å². The number of nitrogens with zero attached hydrogens (tertiary/aromatic N) is 1. The molecule has 0 heterocycles. The zero-order valence-corrected chi connectivity index (χ0v) is 8.63. The minimum Gasteiger partial charge on any atom is -0.367 e. The first-order valence-electron chi connectivity index (χ1n) is 4.85. The van der Waals surface area contributed by atoms with Crippen LogP contribution in [0.25, 0.3) is 0 Å². The zero-order chi connectivity index (χ0) is 11.3. The second-order valence-electron chi connectivity index (χ2n) is 3.19. The Kier molecular flexibility index (Phi) is 4.27. The lowest BCUT2D eigenvalue weighted by Crippen LogP contribution is -2.37. The van der Waals surface area contributed by atoms with E-state index in [1.54, 1.807) is 31.2 Å². The predicted molar refractivity (Wildman–Crippen MR) is 56.2 cm³/mol. The molecule has 82 valence electrons. The second-order valence-corrected chi connectivity index (χ2v) is 3.19. The summed E-state index contributed by atoms with van der Waals surface area (Å²) in [5, 5.41) is 17.6. The third-order valence-corrected chi connectivity index (χ3v) is 2.07. The van der Waals surface area contributed by atoms with E-state index in [0.29, 0.717) is 12.1 Å². The lowest BCUT2D eigenvalue weighted by Gasteiger charge is -2.21. The van der Waals surface area contributed by atoms with E-state index in [1.807, 2.05) is 6.07 Å². The maximum absolute atomic E-state index is 11.8. The Hall–Kier alpha value is -1.39. The van der Waals surface area contributed by atoms with Gasteiger partial charge in [-0.05, 0) is 19.1 Å². The Bertz CT molecular complexity index is 311. The molecule has 4 heteroatoms. The first-order chi connectivity index (χ1) is 7.15. The Morgan fingerprint density at radius 3 is 2.40 bits per heavy atom. The van der Waals surface area contributed by atoms with Crippen LogP contribution in [0.2, 0.25) is 0 Å². The van der Waals surface area contributed by atoms with E-state index in [0.717, 1.165) is 0 Å². The van der Waals surface area contributed by atoms with Crippen LogP contribution in [0.3, 0.4) is 0 Å². The number of benzene rings is 1. The van der Waals surface area contributed by atoms with Crippen LogP contribution in [0, 0.1) is 0 Å². The molecule has 0 spiro atoms. The number of carbonyl (C=O) groups excluding carboxylic acids is 1. The van der Waals surface area contributed by atoms with Crippen molar-refractivity contribution in [2.24, 2.45) is 0 Å². The van der Waals surface area contributed by atoms with Gasteiger partial charge in [-0.2, -0.15) is 0 Å². The molecule has 0 saturated heterocycles. The molecule has 0 unspecified atom stereocenters. The molecule has 2 N–H and O–H groups in total. The summed E-state index contributed by atoms with van der Waals surface area (Å²) in [6, 6.07) is 8.78. The quantitative estimate of drug-likeness (QED) is 0.708. The number of rotatable bonds is 4. The van der Waals surface area contributed by atoms with E-state index >= 15 is 0 Å². The van der Waals surface area contributed by atoms with Gasteiger partial charge in [0.2, 0.25) is 0 Å². The Balaban J connectivity index is 2.74. The molecular weight excluding hydrogens is 194 g/mol. The third-order valence-electron chi connectivity index (χ3n) is 2.07. The van der Waals surface area contributed by atoms with Crippen molar-refractivity contribution in [3.8, 4) is 0 Å². The maximum Gasteiger partial charge on any atom is 0.254 e. The van der Waals surface area contributed by atoms with Crippen molar-refractivity contribution in [3.63, 3.8) is 0 Å². The van der Waals surface area contributed by atoms with Crippen molar-refractivity contribution in [1.82, 2.24) is 4.90 Å². The Morgan fingerprint density at radius 1 is 1.33 bits per heavy atom. The SMILES string of the molecule is CCN(CC(O)O)C(=O)c1ccccc1. The first-order valence-corrected chi connectivity index (χ1v) is 4.85. The number of carbonyl (C=O) groups is 1. The summed E-state index contributed by atoms with van der Waals surface area (Å²) in [7, 11) is 0. The molecule has 0 atom stereocenters. The molecule has 0 fully saturated rings. The fraction of sp³-hybridized carbons (Fsp3) is 0.364. The number of amides is 1. The molecule has 1 rings (SSSR count). The van der Waals surface area contributed by atoms with Crippen LogP contribution in [0.4, 0.5) is 0 Å². The number of hydrogen-bond donors (Lipinski definition) is 2. The lowest BCUT2D eigenvalue weighted by atomic mass is 10.2. The largest absolute Gasteiger partial charge is 0.367 e. The van der Waals surface area contributed by atoms with E-state index in [4.69, 9.17) is 10.2 Å². The van der Waals surface area contributed by atoms with Gasteiger partial charge in [0.05, 0.1) is 6.54 Å². The van der Waals surface area contributed by atoms with Gasteiger partial charge in [-0.1, -0.05) is 18.2 Å². The molecule has 15 heavy (non-hydrogen) atoms. The summed E-state index contributed by atoms with van der Waals surface area (Å²) in [4.78, 5) is 13.2. The average molecular weight is 209 g/mol. The van der Waals surface area contributed by atoms with Crippen molar-refractivity contribution < 1.29 is 15.0 Å². The van der Waals surface area contributed by atoms with Crippen LogP contribution in [-0.2, 0) is 0 Å². The fourth-order valence-corrected chi connectivity index (χ4v) is 1.32. The average Bonchev–Trinajstić information content (AvgIpc) is 2.26. The summed E-state index contributed by atoms with van der Waals surface area (Å²) < 4.78 is 0. The molecule has 0 radical (unpaired) electrons. The summed E-state index contributed by atoms with van der Waals surface area (Å²) in [5.74, 6) is -0.189. The highest BCUT2D eigenvalue weighted by atomic mass is 16.5. The van der Waals surface area contributed by atoms with E-state index in [9.17, 15) is 4.79 Å². The van der Waals surface area contributed by atoms with Crippen LogP contribution in [-0.4, -0.2) is 40.4 Å². The van der Waals surface area contributed by atoms with E-state index in [-0.39, 0.29) is 12.5 Å². The van der Waals surface area contributed by atoms with Crippen LogP contribution < -0.4 is 0 Å². The molecule has 0 aliphatic rings. The number of hydrogen-bond acceptors (Lipinski definition) is 3. The number of likely N-dealkylation sites (N-methyl/N-ethyl adjacent to an activating group) is 1. The maximum atomic E-state index is 11.8. The van der Waals surface area contributed by atoms with Gasteiger partial charge in [0.25, 0.3) is 5.91 Å². The molecular formula is C11H15NO3. The van der Waals surface area contributed by atoms with Crippen molar-refractivity contribution in [2.75, 3.05) is 13.1 Å². The summed E-state index contributed by atoms with van der Waals surface area (Å²) in [6.45, 7) is 2.18. The minimum absolute atomic E-state index is 0.0653. The normalized spacial score (nSPS) is 10.4. The highest BCUT2D eigenvalue weighted by Crippen LogP contribution is 2.04. The standard InChI is InChI=1S/C11H15NO3/c1-2-12(8-10(13)14)11(15)9-6-4-3-5-7-9/h3-7,10,13-14H,2,8H2,1H3. The summed E-state index contributed by atoms with van der Waals surface area (Å²) in [5.41, 5.74) is 0.556. The molecule has 4 nitrogen and oxygen atoms in total. The molecule has 1 aromatic carbocycles. The molecule has 1 aromatic rings. The summed E-state index contributed by atoms with van der Waals surface area (Å²) >= 11 is 0. The number of aliphatic hydroxyl groups is 2. The lowest BCUT2D eigenvalue weighted by molar-refractivity contribution is -0.0560. The van der Waals surface area contributed by atoms with Crippen molar-refractivity contribution in [2.45, 2.75) is 13.2 Å². The van der Waals surface area contributed by atoms with Gasteiger partial charge in [-0.3, -0.25) is 4.79 Å². The van der Waals surface area contributed by atoms with E-state index in [1.165, 1.54) is 4.90 Å². The Morgan fingerprint density at radius 2 is 1.93 bits per heavy atom. The highest BCUT2D eigenvalue weighted by Gasteiger charge is 2.15. The molecule has 0 saturated carbocycles. The second kappa shape index (κ2) is 5.48. The van der Waals surface area contributed by atoms with Gasteiger partial charge >= 0.3 is 0 Å². The van der Waals surface area contributed by atoms with Gasteiger partial charge in [0.15, 0.2) is 6.29 Å². The monoisotopic (exact) mass is 209 g/mol. The van der Waals surface area contributed by atoms with Gasteiger partial charge < -0.3 is 15.1 Å². The molecule has 1 amide bonds. The smallest absolute Gasteiger partial charge is 0.254 e. The highest BCUT2D eigenvalue weighted by molar-refractivity contribution is 5.94. The molecule has 0 aliphatic heterocycles. The minimum atomic E-state index is -1.49. The zero-order valence-electron chi connectivity index (χ0n) is 8.63. The van der Waals surface area contributed by atoms with Gasteiger partial charge in [-0.15, -0.1) is 0 Å². The van der Waals surface area contributed by atoms with Crippen LogP contribution >= 0.6 is 0 Å². The predicted octanol–water partition coefficient (Wildman–Crippen LogP) is 0.459. The third kappa shape index (κ3) is 3.34. The van der Waals surface area contributed by atoms with Crippen molar-refractivity contribution in [3.05, 3.63) is 35.9 Å². The number of aliphatic hydroxyl groups excluding tert-OH is 1. The van der Waals surface area contributed by atoms with Gasteiger partial charge in [0, 0.05) is 12.1 Å². The van der Waals surface area contributed by atoms with E-state index < -0.39 is 6.29 Å². The topological polar surface area (TPSA) is 60.8 Å². The molecule has 0 aromatic heterocycles. The molecule has 0 aliphatic carbocycles. The first kappa shape index (κ1) is 11.7. The summed E-state index contributed by atoms with van der Waals surface area (Å²) in [6.07, 6.45) is -1.49. The van der Waals surface area contributed by atoms with Crippen molar-refractivity contribution in [1.29, 1.82) is 0 Å². The van der Waals surface area contributed by atoms with Gasteiger partial charge in [0.1, 0.15) is 0 Å². The van der Waals surface area contributed by atoms with E-state index in [2.05, 4.69) is 0 Å². The molecule has 0 bridgehead atoms. The van der Waals surface area contributed by atoms with Crippen LogP contribution in [0.1, 0.15) is 17.3 Å². The van der Waals surface area contributed by atoms with Crippen LogP contribution in [0.15, 0.2) is 30.3 Å². The Labute approximate surface area is 88.8 Å².